The summed E-state index contributed by atoms with van der Waals surface area (Å²) in [7, 11) is 5.95. The molecule has 0 radical (unpaired) electrons. The van der Waals surface area contributed by atoms with Crippen molar-refractivity contribution in [3.8, 4) is 0 Å². The van der Waals surface area contributed by atoms with Crippen molar-refractivity contribution in [3.05, 3.63) is 34.7 Å². The molecule has 5 heterocycles. The number of methoxy groups -OCH3 is 1. The van der Waals surface area contributed by atoms with E-state index in [2.05, 4.69) is 39.5 Å². The molecule has 4 saturated carbocycles. The number of esters is 1. The first-order chi connectivity index (χ1) is 23.8. The molecule has 49 heavy (non-hydrogen) atoms. The van der Waals surface area contributed by atoms with Crippen LogP contribution in [0.15, 0.2) is 34.7 Å². The van der Waals surface area contributed by atoms with Crippen LogP contribution in [0.25, 0.3) is 0 Å². The van der Waals surface area contributed by atoms with Crippen LogP contribution < -0.4 is 0 Å². The maximum Gasteiger partial charge on any atom is 0.343 e. The molecule has 0 bridgehead atoms. The number of carbonyl (C=O) groups is 1. The molecule has 9 atom stereocenters. The Hall–Kier alpha value is -1.09. The molecule has 0 aromatic carbocycles. The molecule has 9 rings (SSSR count). The Morgan fingerprint density at radius 2 is 1.61 bits per heavy atom. The fraction of sp³-hybridized carbons (Fsp3) is 0.829. The fourth-order valence-corrected chi connectivity index (χ4v) is 16.9. The van der Waals surface area contributed by atoms with Gasteiger partial charge in [-0.2, -0.15) is 0 Å². The van der Waals surface area contributed by atoms with E-state index in [9.17, 15) is 9.90 Å². The van der Waals surface area contributed by atoms with Crippen molar-refractivity contribution in [1.82, 2.24) is 4.90 Å². The highest BCUT2D eigenvalue weighted by atomic mass is 33.1. The molecule has 270 valence electrons. The SMILES string of the molecule is COC1=C(C)C(=O)OC1=C1OC2=CC3(CCCCC3)[C@H]3CSSC[C@H]4CC[C@@]5(CCCC56CCCC6)[C@@H]4C[C@H](O)[C@@H]4CCC[C@@H]([C@H]2[C@@H]1C)N43. The maximum atomic E-state index is 12.8. The van der Waals surface area contributed by atoms with Crippen LogP contribution in [-0.2, 0) is 19.0 Å². The van der Waals surface area contributed by atoms with E-state index in [1.807, 2.05) is 0 Å². The second kappa shape index (κ2) is 12.8. The second-order valence-corrected chi connectivity index (χ2v) is 20.4. The number of nitrogens with zero attached hydrogens (tertiary/aromatic N) is 1. The number of hydrogen-bond donors (Lipinski definition) is 1. The molecule has 9 aliphatic rings. The Labute approximate surface area is 302 Å². The van der Waals surface area contributed by atoms with Crippen LogP contribution in [0.2, 0.25) is 0 Å². The summed E-state index contributed by atoms with van der Waals surface area (Å²) in [5, 5.41) is 12.8. The van der Waals surface area contributed by atoms with E-state index in [4.69, 9.17) is 14.2 Å². The van der Waals surface area contributed by atoms with Crippen molar-refractivity contribution in [2.75, 3.05) is 18.6 Å². The minimum Gasteiger partial charge on any atom is -0.492 e. The van der Waals surface area contributed by atoms with E-state index in [0.29, 0.717) is 45.9 Å². The van der Waals surface area contributed by atoms with Crippen molar-refractivity contribution < 1.29 is 24.1 Å². The van der Waals surface area contributed by atoms with Crippen LogP contribution in [0.3, 0.4) is 0 Å². The predicted molar refractivity (Wildman–Crippen MR) is 196 cm³/mol. The Morgan fingerprint density at radius 1 is 0.878 bits per heavy atom. The summed E-state index contributed by atoms with van der Waals surface area (Å²) >= 11 is 0. The molecule has 0 aromatic heterocycles. The van der Waals surface area contributed by atoms with Gasteiger partial charge in [-0.3, -0.25) is 4.90 Å². The van der Waals surface area contributed by atoms with Crippen molar-refractivity contribution in [3.63, 3.8) is 0 Å². The lowest BCUT2D eigenvalue weighted by Gasteiger charge is -2.55. The van der Waals surface area contributed by atoms with Gasteiger partial charge in [-0.15, -0.1) is 0 Å². The molecule has 3 spiro atoms. The molecular formula is C41H59NO5S2. The van der Waals surface area contributed by atoms with Gasteiger partial charge in [0, 0.05) is 46.9 Å². The van der Waals surface area contributed by atoms with E-state index in [-0.39, 0.29) is 35.4 Å². The van der Waals surface area contributed by atoms with E-state index >= 15 is 0 Å². The van der Waals surface area contributed by atoms with Gasteiger partial charge in [0.2, 0.25) is 5.76 Å². The number of fused-ring (bicyclic) bond motifs is 6. The standard InChI is InChI=1S/C41H59NO5S2/c1-25-34-30-12-9-11-29-31(43)21-28-27(13-20-41(28)19-10-18-40(41)16-7-8-17-40)23-48-49-24-33(42(29)30)39(14-5-4-6-15-39)22-32(34)46-36(25)37-35(45-3)26(2)38(44)47-37/h22,25,27-31,33-34,43H,4-21,23-24H2,1-3H3/t25-,27+,28+,29-,30-,31-,33+,34+,41-/m0/s1. The number of rotatable bonds is 1. The number of carbonyl (C=O) groups excluding carboxylic acids is 1. The number of aliphatic hydroxyl groups excluding tert-OH is 1. The number of ether oxygens (including phenoxy) is 3. The van der Waals surface area contributed by atoms with Crippen molar-refractivity contribution in [1.29, 1.82) is 0 Å². The molecule has 0 aromatic rings. The minimum atomic E-state index is -0.341. The zero-order valence-electron chi connectivity index (χ0n) is 30.2. The Bertz CT molecular complexity index is 1420. The van der Waals surface area contributed by atoms with Crippen LogP contribution in [0, 0.1) is 39.9 Å². The van der Waals surface area contributed by atoms with Gasteiger partial charge in [-0.25, -0.2) is 4.79 Å². The Balaban J connectivity index is 1.12. The topological polar surface area (TPSA) is 68.2 Å². The number of hydrogen-bond acceptors (Lipinski definition) is 8. The van der Waals surface area contributed by atoms with Crippen molar-refractivity contribution in [2.24, 2.45) is 39.9 Å². The molecule has 6 nitrogen and oxygen atoms in total. The molecular weight excluding hydrogens is 651 g/mol. The maximum absolute atomic E-state index is 12.8. The molecule has 8 heteroatoms. The lowest BCUT2D eigenvalue weighted by molar-refractivity contribution is -0.133. The van der Waals surface area contributed by atoms with E-state index in [1.54, 1.807) is 14.0 Å². The lowest BCUT2D eigenvalue weighted by atomic mass is 9.57. The van der Waals surface area contributed by atoms with Gasteiger partial charge in [-0.1, -0.05) is 73.5 Å². The largest absolute Gasteiger partial charge is 0.492 e. The number of cyclic esters (lactones) is 1. The van der Waals surface area contributed by atoms with Crippen molar-refractivity contribution >= 4 is 27.6 Å². The first kappa shape index (κ1) is 33.7. The van der Waals surface area contributed by atoms with Gasteiger partial charge in [0.15, 0.2) is 11.5 Å². The van der Waals surface area contributed by atoms with E-state index < -0.39 is 0 Å². The van der Waals surface area contributed by atoms with Crippen LogP contribution in [-0.4, -0.2) is 58.8 Å². The predicted octanol–water partition coefficient (Wildman–Crippen LogP) is 9.30. The molecule has 0 unspecified atom stereocenters. The lowest BCUT2D eigenvalue weighted by Crippen LogP contribution is -2.63. The van der Waals surface area contributed by atoms with Gasteiger partial charge in [-0.05, 0) is 106 Å². The Kier molecular flexibility index (Phi) is 8.81. The summed E-state index contributed by atoms with van der Waals surface area (Å²) in [6, 6.07) is 0.864. The normalized spacial score (nSPS) is 44.7. The highest BCUT2D eigenvalue weighted by Crippen LogP contribution is 2.72. The highest BCUT2D eigenvalue weighted by molar-refractivity contribution is 8.76. The van der Waals surface area contributed by atoms with Gasteiger partial charge in [0.1, 0.15) is 5.76 Å². The van der Waals surface area contributed by atoms with Crippen molar-refractivity contribution in [2.45, 2.75) is 154 Å². The highest BCUT2D eigenvalue weighted by Gasteiger charge is 2.64. The molecule has 5 aliphatic heterocycles. The molecule has 1 N–H and O–H groups in total. The summed E-state index contributed by atoms with van der Waals surface area (Å²) in [6.45, 7) is 4.06. The average molecular weight is 710 g/mol. The molecule has 4 aliphatic carbocycles. The van der Waals surface area contributed by atoms with E-state index in [1.165, 1.54) is 95.6 Å². The quantitative estimate of drug-likeness (QED) is 0.214. The van der Waals surface area contributed by atoms with Gasteiger partial charge < -0.3 is 19.3 Å². The molecule has 0 amide bonds. The summed E-state index contributed by atoms with van der Waals surface area (Å²) in [5.74, 6) is 6.49. The first-order valence-corrected chi connectivity index (χ1v) is 22.6. The zero-order chi connectivity index (χ0) is 33.5. The monoisotopic (exact) mass is 709 g/mol. The summed E-state index contributed by atoms with van der Waals surface area (Å²) < 4.78 is 18.6. The van der Waals surface area contributed by atoms with Crippen LogP contribution in [0.4, 0.5) is 0 Å². The Morgan fingerprint density at radius 3 is 2.41 bits per heavy atom. The van der Waals surface area contributed by atoms with Crippen LogP contribution in [0.5, 0.6) is 0 Å². The fourth-order valence-electron chi connectivity index (χ4n) is 14.0. The number of piperidine rings is 1. The van der Waals surface area contributed by atoms with Crippen LogP contribution in [0.1, 0.15) is 129 Å². The van der Waals surface area contributed by atoms with Gasteiger partial charge >= 0.3 is 5.97 Å². The third-order valence-corrected chi connectivity index (χ3v) is 18.6. The first-order valence-electron chi connectivity index (χ1n) is 20.1. The number of allylic oxidation sites excluding steroid dienone is 1. The average Bonchev–Trinajstić information content (AvgIpc) is 3.91. The smallest absolute Gasteiger partial charge is 0.343 e. The van der Waals surface area contributed by atoms with E-state index in [0.717, 1.165) is 48.9 Å². The summed E-state index contributed by atoms with van der Waals surface area (Å²) in [4.78, 5) is 15.7. The van der Waals surface area contributed by atoms with Crippen LogP contribution >= 0.6 is 21.6 Å². The second-order valence-electron chi connectivity index (χ2n) is 17.8. The summed E-state index contributed by atoms with van der Waals surface area (Å²) in [6.07, 6.45) is 25.6. The number of aliphatic hydroxyl groups is 1. The van der Waals surface area contributed by atoms with Gasteiger partial charge in [0.25, 0.3) is 0 Å². The third kappa shape index (κ3) is 5.05. The molecule has 7 fully saturated rings. The molecule has 3 saturated heterocycles. The zero-order valence-corrected chi connectivity index (χ0v) is 31.8. The third-order valence-electron chi connectivity index (χ3n) is 16.1. The van der Waals surface area contributed by atoms with Gasteiger partial charge in [0.05, 0.1) is 18.8 Å². The summed E-state index contributed by atoms with van der Waals surface area (Å²) in [5.41, 5.74) is 1.54. The minimum absolute atomic E-state index is 0.0238.